The van der Waals surface area contributed by atoms with Crippen molar-refractivity contribution in [1.82, 2.24) is 29.9 Å². The van der Waals surface area contributed by atoms with Crippen LogP contribution in [0.3, 0.4) is 0 Å². The molecule has 3 aromatic heterocycles. The molecule has 176 valence electrons. The van der Waals surface area contributed by atoms with Gasteiger partial charge in [0, 0.05) is 18.5 Å². The SMILES string of the molecule is CC(c1ccc(C(F)(F)F)nn1)N(C(=O)c1cc2c(cc1Cl)nc(N)c1cnn(C)c12)C1CC1. The molecular weight excluding hydrogens is 471 g/mol. The number of hydrogen-bond acceptors (Lipinski definition) is 6. The van der Waals surface area contributed by atoms with Crippen LogP contribution in [-0.4, -0.2) is 41.8 Å². The Hall–Kier alpha value is -3.47. The number of alkyl halides is 3. The number of nitrogen functional groups attached to an aromatic ring is 1. The number of nitrogens with zero attached hydrogens (tertiary/aromatic N) is 6. The van der Waals surface area contributed by atoms with Gasteiger partial charge in [-0.2, -0.15) is 23.4 Å². The molecule has 1 atom stereocenters. The normalized spacial score (nSPS) is 15.1. The van der Waals surface area contributed by atoms with Crippen molar-refractivity contribution >= 4 is 45.1 Å². The van der Waals surface area contributed by atoms with Gasteiger partial charge in [0.25, 0.3) is 5.91 Å². The molecule has 0 saturated heterocycles. The van der Waals surface area contributed by atoms with Gasteiger partial charge in [-0.1, -0.05) is 11.6 Å². The number of carbonyl (C=O) groups is 1. The van der Waals surface area contributed by atoms with E-state index in [1.54, 1.807) is 41.9 Å². The van der Waals surface area contributed by atoms with Crippen LogP contribution >= 0.6 is 11.6 Å². The summed E-state index contributed by atoms with van der Waals surface area (Å²) in [6.45, 7) is 1.71. The number of carbonyl (C=O) groups excluding carboxylic acids is 1. The zero-order valence-electron chi connectivity index (χ0n) is 18.1. The van der Waals surface area contributed by atoms with Gasteiger partial charge >= 0.3 is 6.18 Å². The highest BCUT2D eigenvalue weighted by molar-refractivity contribution is 6.35. The van der Waals surface area contributed by atoms with E-state index in [0.29, 0.717) is 27.6 Å². The zero-order valence-corrected chi connectivity index (χ0v) is 18.9. The summed E-state index contributed by atoms with van der Waals surface area (Å²) in [5.74, 6) is -0.0457. The van der Waals surface area contributed by atoms with Gasteiger partial charge in [-0.15, -0.1) is 5.10 Å². The molecule has 0 bridgehead atoms. The number of anilines is 1. The molecule has 3 heterocycles. The van der Waals surface area contributed by atoms with Crippen molar-refractivity contribution in [3.8, 4) is 0 Å². The molecule has 34 heavy (non-hydrogen) atoms. The van der Waals surface area contributed by atoms with Crippen LogP contribution in [-0.2, 0) is 13.2 Å². The predicted molar refractivity (Wildman–Crippen MR) is 120 cm³/mol. The van der Waals surface area contributed by atoms with Gasteiger partial charge < -0.3 is 10.6 Å². The predicted octanol–water partition coefficient (Wildman–Crippen LogP) is 4.53. The van der Waals surface area contributed by atoms with E-state index in [0.717, 1.165) is 18.9 Å². The van der Waals surface area contributed by atoms with E-state index in [4.69, 9.17) is 17.3 Å². The zero-order chi connectivity index (χ0) is 24.4. The Kier molecular flexibility index (Phi) is 5.12. The van der Waals surface area contributed by atoms with Crippen LogP contribution in [0.25, 0.3) is 21.8 Å². The third kappa shape index (κ3) is 3.69. The first-order valence-corrected chi connectivity index (χ1v) is 10.9. The van der Waals surface area contributed by atoms with Crippen LogP contribution in [0.1, 0.15) is 47.6 Å². The molecule has 1 fully saturated rings. The molecule has 4 aromatic rings. The van der Waals surface area contributed by atoms with Gasteiger partial charge in [-0.05, 0) is 44.0 Å². The summed E-state index contributed by atoms with van der Waals surface area (Å²) >= 11 is 6.50. The van der Waals surface area contributed by atoms with Gasteiger partial charge in [-0.25, -0.2) is 4.98 Å². The summed E-state index contributed by atoms with van der Waals surface area (Å²) in [4.78, 5) is 19.7. The number of halogens is 4. The number of hydrogen-bond donors (Lipinski definition) is 1. The lowest BCUT2D eigenvalue weighted by molar-refractivity contribution is -0.141. The minimum atomic E-state index is -4.59. The number of fused-ring (bicyclic) bond motifs is 3. The Morgan fingerprint density at radius 1 is 1.24 bits per heavy atom. The molecular formula is C22H19ClF3N7O. The number of benzene rings is 1. The van der Waals surface area contributed by atoms with E-state index in [9.17, 15) is 18.0 Å². The largest absolute Gasteiger partial charge is 0.435 e. The summed E-state index contributed by atoms with van der Waals surface area (Å²) in [5, 5.41) is 12.8. The first kappa shape index (κ1) is 22.3. The molecule has 1 aliphatic rings. The maximum atomic E-state index is 13.7. The summed E-state index contributed by atoms with van der Waals surface area (Å²) < 4.78 is 40.3. The number of amides is 1. The average Bonchev–Trinajstić information content (AvgIpc) is 3.53. The summed E-state index contributed by atoms with van der Waals surface area (Å²) in [7, 11) is 1.76. The molecule has 1 aliphatic carbocycles. The van der Waals surface area contributed by atoms with E-state index in [-0.39, 0.29) is 28.2 Å². The highest BCUT2D eigenvalue weighted by atomic mass is 35.5. The standard InChI is InChI=1S/C22H19ClF3N7O/c1-10(16-5-6-18(31-30-16)22(24,25)26)33(11-3-4-11)21(34)12-7-13-17(8-15(12)23)29-20(27)14-9-28-32(2)19(13)14/h5-11H,3-4H2,1-2H3,(H2,27,29). The first-order valence-electron chi connectivity index (χ1n) is 10.5. The van der Waals surface area contributed by atoms with Crippen molar-refractivity contribution < 1.29 is 18.0 Å². The van der Waals surface area contributed by atoms with Crippen LogP contribution in [0, 0.1) is 0 Å². The molecule has 1 amide bonds. The third-order valence-electron chi connectivity index (χ3n) is 6.02. The van der Waals surface area contributed by atoms with Gasteiger partial charge in [-0.3, -0.25) is 9.48 Å². The third-order valence-corrected chi connectivity index (χ3v) is 6.33. The van der Waals surface area contributed by atoms with E-state index in [2.05, 4.69) is 20.3 Å². The van der Waals surface area contributed by atoms with Crippen molar-refractivity contribution in [1.29, 1.82) is 0 Å². The average molecular weight is 490 g/mol. The van der Waals surface area contributed by atoms with E-state index >= 15 is 0 Å². The molecule has 2 N–H and O–H groups in total. The van der Waals surface area contributed by atoms with E-state index < -0.39 is 17.9 Å². The second kappa shape index (κ2) is 7.79. The number of aromatic nitrogens is 5. The highest BCUT2D eigenvalue weighted by Crippen LogP contribution is 2.38. The second-order valence-electron chi connectivity index (χ2n) is 8.34. The smallest absolute Gasteiger partial charge is 0.383 e. The van der Waals surface area contributed by atoms with Gasteiger partial charge in [0.05, 0.1) is 44.9 Å². The van der Waals surface area contributed by atoms with Crippen LogP contribution in [0.5, 0.6) is 0 Å². The van der Waals surface area contributed by atoms with Crippen LogP contribution in [0.4, 0.5) is 19.0 Å². The summed E-state index contributed by atoms with van der Waals surface area (Å²) in [6.07, 6.45) is -1.43. The van der Waals surface area contributed by atoms with Crippen molar-refractivity contribution in [3.05, 3.63) is 52.4 Å². The molecule has 8 nitrogen and oxygen atoms in total. The maximum absolute atomic E-state index is 13.7. The molecule has 0 radical (unpaired) electrons. The number of nitrogens with two attached hydrogens (primary N) is 1. The number of pyridine rings is 1. The molecule has 5 rings (SSSR count). The fraction of sp³-hybridized carbons (Fsp3) is 0.318. The van der Waals surface area contributed by atoms with Crippen LogP contribution < -0.4 is 5.73 Å². The lowest BCUT2D eigenvalue weighted by atomic mass is 10.1. The van der Waals surface area contributed by atoms with Crippen molar-refractivity contribution in [2.24, 2.45) is 7.05 Å². The molecule has 1 saturated carbocycles. The van der Waals surface area contributed by atoms with E-state index in [1.807, 2.05) is 0 Å². The maximum Gasteiger partial charge on any atom is 0.435 e. The minimum absolute atomic E-state index is 0.0698. The Labute approximate surface area is 196 Å². The molecule has 0 spiro atoms. The van der Waals surface area contributed by atoms with Gasteiger partial charge in [0.1, 0.15) is 5.82 Å². The van der Waals surface area contributed by atoms with E-state index in [1.165, 1.54) is 6.07 Å². The quantitative estimate of drug-likeness (QED) is 0.451. The van der Waals surface area contributed by atoms with Gasteiger partial charge in [0.2, 0.25) is 0 Å². The summed E-state index contributed by atoms with van der Waals surface area (Å²) in [5.41, 5.74) is 6.72. The fourth-order valence-corrected chi connectivity index (χ4v) is 4.39. The Morgan fingerprint density at radius 3 is 2.59 bits per heavy atom. The second-order valence-corrected chi connectivity index (χ2v) is 8.74. The molecule has 12 heteroatoms. The lowest BCUT2D eigenvalue weighted by Crippen LogP contribution is -2.36. The topological polar surface area (TPSA) is 103 Å². The fourth-order valence-electron chi connectivity index (χ4n) is 4.15. The van der Waals surface area contributed by atoms with Gasteiger partial charge in [0.15, 0.2) is 5.69 Å². The monoisotopic (exact) mass is 489 g/mol. The molecule has 0 aliphatic heterocycles. The lowest BCUT2D eigenvalue weighted by Gasteiger charge is -2.29. The Morgan fingerprint density at radius 2 is 1.97 bits per heavy atom. The van der Waals surface area contributed by atoms with Crippen LogP contribution in [0.15, 0.2) is 30.5 Å². The number of rotatable bonds is 4. The highest BCUT2D eigenvalue weighted by Gasteiger charge is 2.39. The van der Waals surface area contributed by atoms with Crippen LogP contribution in [0.2, 0.25) is 5.02 Å². The summed E-state index contributed by atoms with van der Waals surface area (Å²) in [6, 6.07) is 4.68. The Balaban J connectivity index is 1.57. The minimum Gasteiger partial charge on any atom is -0.383 e. The molecule has 1 unspecified atom stereocenters. The Bertz CT molecular complexity index is 1430. The van der Waals surface area contributed by atoms with Crippen molar-refractivity contribution in [2.75, 3.05) is 5.73 Å². The number of aryl methyl sites for hydroxylation is 1. The molecule has 1 aromatic carbocycles. The van der Waals surface area contributed by atoms with Crippen molar-refractivity contribution in [2.45, 2.75) is 38.0 Å². The van der Waals surface area contributed by atoms with Crippen molar-refractivity contribution in [3.63, 3.8) is 0 Å². The first-order chi connectivity index (χ1) is 16.1.